The summed E-state index contributed by atoms with van der Waals surface area (Å²) < 4.78 is 51.1. The summed E-state index contributed by atoms with van der Waals surface area (Å²) in [5.74, 6) is -2.95. The Hall–Kier alpha value is -6.64. The summed E-state index contributed by atoms with van der Waals surface area (Å²) in [4.78, 5) is 89.7. The van der Waals surface area contributed by atoms with Gasteiger partial charge < -0.3 is 43.5 Å². The Bertz CT molecular complexity index is 2860. The summed E-state index contributed by atoms with van der Waals surface area (Å²) in [6, 6.07) is 30.7. The largest absolute Gasteiger partial charge is 0.748 e. The first kappa shape index (κ1) is 66.2. The van der Waals surface area contributed by atoms with Crippen molar-refractivity contribution < 1.29 is 70.0 Å². The van der Waals surface area contributed by atoms with E-state index in [9.17, 15) is 28.8 Å². The molecule has 0 aliphatic carbocycles. The van der Waals surface area contributed by atoms with Crippen LogP contribution in [0, 0.1) is 29.6 Å². The zero-order valence-corrected chi connectivity index (χ0v) is 49.9. The number of quaternary nitrogens is 1. The number of morpholine rings is 1. The molecule has 2 aliphatic heterocycles. The van der Waals surface area contributed by atoms with Gasteiger partial charge in [-0.3, -0.25) is 28.8 Å². The SMILES string of the molecule is CO/N=C/c1ccc(COc2cc(C[N+]3(CC(=O)C[C@@H](CCc4ccccc4)C(=O)N[C@@H](CC(C)C)C(=O)C[C@@H](Cc4ccccc4)C(=O)N[C@@H](CC(C)C)C(=O)[C@@]4(C)CO4)CCOCC3)ccc2OC(=O)C(C)C)cc1.CS(=O)(=O)[O-]. The van der Waals surface area contributed by atoms with Gasteiger partial charge in [-0.1, -0.05) is 132 Å². The highest BCUT2D eigenvalue weighted by Gasteiger charge is 2.50. The molecule has 5 atom stereocenters. The zero-order chi connectivity index (χ0) is 60.0. The molecule has 0 spiro atoms. The van der Waals surface area contributed by atoms with E-state index < -0.39 is 57.4 Å². The molecular formula is C63H84N4O14S. The van der Waals surface area contributed by atoms with Gasteiger partial charge in [0.15, 0.2) is 28.8 Å². The molecule has 2 N–H and O–H groups in total. The molecule has 6 rings (SSSR count). The minimum Gasteiger partial charge on any atom is -0.748 e. The minimum absolute atomic E-state index is 0.00325. The van der Waals surface area contributed by atoms with Crippen molar-refractivity contribution in [1.82, 2.24) is 10.6 Å². The van der Waals surface area contributed by atoms with Crippen molar-refractivity contribution >= 4 is 51.5 Å². The van der Waals surface area contributed by atoms with Crippen LogP contribution in [0.5, 0.6) is 11.5 Å². The van der Waals surface area contributed by atoms with Gasteiger partial charge >= 0.3 is 5.97 Å². The molecule has 18 nitrogen and oxygen atoms in total. The Morgan fingerprint density at radius 3 is 1.88 bits per heavy atom. The maximum Gasteiger partial charge on any atom is 0.313 e. The summed E-state index contributed by atoms with van der Waals surface area (Å²) in [7, 11) is -2.43. The van der Waals surface area contributed by atoms with Crippen LogP contribution < -0.4 is 20.1 Å². The van der Waals surface area contributed by atoms with Crippen molar-refractivity contribution in [3.63, 3.8) is 0 Å². The molecule has 4 aromatic rings. The van der Waals surface area contributed by atoms with E-state index in [0.29, 0.717) is 81.6 Å². The lowest BCUT2D eigenvalue weighted by Crippen LogP contribution is -2.57. The first-order chi connectivity index (χ1) is 38.8. The van der Waals surface area contributed by atoms with Gasteiger partial charge in [0.1, 0.15) is 45.5 Å². The maximum absolute atomic E-state index is 14.8. The molecule has 0 bridgehead atoms. The number of aryl methyl sites for hydroxylation is 1. The van der Waals surface area contributed by atoms with Crippen molar-refractivity contribution in [3.05, 3.63) is 131 Å². The van der Waals surface area contributed by atoms with Gasteiger partial charge in [-0.05, 0) is 91.3 Å². The maximum atomic E-state index is 14.8. The summed E-state index contributed by atoms with van der Waals surface area (Å²) in [5.41, 5.74) is 3.54. The predicted molar refractivity (Wildman–Crippen MR) is 311 cm³/mol. The van der Waals surface area contributed by atoms with Crippen LogP contribution in [0.25, 0.3) is 0 Å². The van der Waals surface area contributed by atoms with Crippen molar-refractivity contribution in [1.29, 1.82) is 0 Å². The highest BCUT2D eigenvalue weighted by molar-refractivity contribution is 7.84. The summed E-state index contributed by atoms with van der Waals surface area (Å²) in [6.07, 6.45) is 3.88. The predicted octanol–water partition coefficient (Wildman–Crippen LogP) is 7.76. The second kappa shape index (κ2) is 31.7. The molecule has 82 heavy (non-hydrogen) atoms. The van der Waals surface area contributed by atoms with Gasteiger partial charge in [0.2, 0.25) is 11.8 Å². The van der Waals surface area contributed by atoms with Crippen molar-refractivity contribution in [3.8, 4) is 11.5 Å². The molecule has 446 valence electrons. The van der Waals surface area contributed by atoms with Crippen LogP contribution >= 0.6 is 0 Å². The van der Waals surface area contributed by atoms with Crippen LogP contribution in [0.4, 0.5) is 0 Å². The van der Waals surface area contributed by atoms with Crippen LogP contribution in [0.2, 0.25) is 0 Å². The molecule has 2 aliphatic rings. The number of nitrogens with zero attached hydrogens (tertiary/aromatic N) is 2. The van der Waals surface area contributed by atoms with Crippen LogP contribution in [0.15, 0.2) is 108 Å². The van der Waals surface area contributed by atoms with Gasteiger partial charge in [-0.2, -0.15) is 0 Å². The monoisotopic (exact) mass is 1150 g/mol. The Morgan fingerprint density at radius 1 is 0.744 bits per heavy atom. The average molecular weight is 1150 g/mol. The van der Waals surface area contributed by atoms with E-state index in [2.05, 4.69) is 15.8 Å². The Morgan fingerprint density at radius 2 is 1.30 bits per heavy atom. The van der Waals surface area contributed by atoms with Gasteiger partial charge in [-0.15, -0.1) is 0 Å². The lowest BCUT2D eigenvalue weighted by atomic mass is 9.87. The van der Waals surface area contributed by atoms with E-state index in [-0.39, 0.29) is 73.3 Å². The number of oxime groups is 1. The molecule has 19 heteroatoms. The number of hydrogen-bond acceptors (Lipinski definition) is 15. The third-order valence-corrected chi connectivity index (χ3v) is 14.3. The van der Waals surface area contributed by atoms with Gasteiger partial charge in [-0.25, -0.2) is 8.42 Å². The Kier molecular flexibility index (Phi) is 25.6. The smallest absolute Gasteiger partial charge is 0.313 e. The van der Waals surface area contributed by atoms with E-state index in [4.69, 9.17) is 36.8 Å². The van der Waals surface area contributed by atoms with E-state index in [1.54, 1.807) is 33.1 Å². The average Bonchev–Trinajstić information content (AvgIpc) is 4.24. The lowest BCUT2D eigenvalue weighted by Gasteiger charge is -2.41. The molecule has 0 unspecified atom stereocenters. The Labute approximate surface area is 484 Å². The number of amides is 2. The molecular weight excluding hydrogens is 1070 g/mol. The second-order valence-corrected chi connectivity index (χ2v) is 24.4. The summed E-state index contributed by atoms with van der Waals surface area (Å²) in [5, 5.41) is 9.94. The molecule has 2 heterocycles. The molecule has 2 fully saturated rings. The van der Waals surface area contributed by atoms with Crippen LogP contribution in [0.3, 0.4) is 0 Å². The number of hydrogen-bond donors (Lipinski definition) is 2. The van der Waals surface area contributed by atoms with Crippen molar-refractivity contribution in [2.45, 2.75) is 124 Å². The van der Waals surface area contributed by atoms with E-state index in [0.717, 1.165) is 27.8 Å². The number of esters is 1. The summed E-state index contributed by atoms with van der Waals surface area (Å²) >= 11 is 0. The quantitative estimate of drug-likeness (QED) is 0.00931. The van der Waals surface area contributed by atoms with Crippen LogP contribution in [0.1, 0.15) is 108 Å². The van der Waals surface area contributed by atoms with Gasteiger partial charge in [0.25, 0.3) is 0 Å². The van der Waals surface area contributed by atoms with E-state index >= 15 is 0 Å². The van der Waals surface area contributed by atoms with Gasteiger partial charge in [0, 0.05) is 36.5 Å². The van der Waals surface area contributed by atoms with Crippen LogP contribution in [-0.4, -0.2) is 129 Å². The normalized spacial score (nSPS) is 17.2. The number of Topliss-reactive ketones (excluding diaryl/α,β-unsaturated/α-hetero) is 3. The molecule has 0 aromatic heterocycles. The number of epoxide rings is 1. The number of ether oxygens (including phenoxy) is 4. The van der Waals surface area contributed by atoms with Crippen molar-refractivity contribution in [2.75, 3.05) is 52.8 Å². The first-order valence-corrected chi connectivity index (χ1v) is 30.0. The number of carbonyl (C=O) groups is 6. The molecule has 2 saturated heterocycles. The van der Waals surface area contributed by atoms with Gasteiger partial charge in [0.05, 0.1) is 54.2 Å². The zero-order valence-electron chi connectivity index (χ0n) is 49.1. The van der Waals surface area contributed by atoms with Crippen molar-refractivity contribution in [2.24, 2.45) is 34.7 Å². The molecule has 2 amide bonds. The second-order valence-electron chi connectivity index (χ2n) is 23.0. The minimum atomic E-state index is -3.92. The lowest BCUT2D eigenvalue weighted by molar-refractivity contribution is -0.940. The highest BCUT2D eigenvalue weighted by Crippen LogP contribution is 2.33. The van der Waals surface area contributed by atoms with Crippen LogP contribution in [-0.2, 0) is 79.2 Å². The Balaban J connectivity index is 0.00000236. The van der Waals surface area contributed by atoms with E-state index in [1.807, 2.05) is 125 Å². The number of benzene rings is 4. The number of carbonyl (C=O) groups excluding carboxylic acids is 6. The topological polar surface area (TPSA) is 245 Å². The standard InChI is InChI=1S/C62H80N4O11.CH4O3S/c1-42(2)31-53(55(68)36-51(33-46-17-13-10-14-18-46)60(71)65-54(32-43(3)4)58(69)62(7)41-76-62)64-59(70)50(25-23-45-15-11-9-12-16-45)35-52(67)39-66(27-29-74-30-28-66)38-49-24-26-56(77-61(72)44(5)6)57(34-49)75-40-48-21-19-47(20-22-48)37-63-73-8;1-5(2,3)4/h9-22,24,26,34,37,42-44,50-51,53-54H,23,25,27-33,35-36,38-41H2,1-8H3,(H-,64,65,70,71);1H3,(H,2,3,4)/b63-37+;/t50-,51-,53+,54+,62-;/m1./s1. The number of ketones is 3. The van der Waals surface area contributed by atoms with E-state index in [1.165, 1.54) is 7.11 Å². The first-order valence-electron chi connectivity index (χ1n) is 28.2. The molecule has 0 saturated carbocycles. The fourth-order valence-corrected chi connectivity index (χ4v) is 9.75. The fourth-order valence-electron chi connectivity index (χ4n) is 9.75. The number of rotatable bonds is 31. The third-order valence-electron chi connectivity index (χ3n) is 14.3. The molecule has 4 aromatic carbocycles. The summed E-state index contributed by atoms with van der Waals surface area (Å²) in [6.45, 7) is 16.2. The third kappa shape index (κ3) is 23.0. The highest BCUT2D eigenvalue weighted by atomic mass is 32.2. The number of nitrogens with one attached hydrogen (secondary N) is 2. The fraction of sp³-hybridized carbons (Fsp3) is 0.508. The molecule has 0 radical (unpaired) electrons.